The van der Waals surface area contributed by atoms with E-state index in [0.717, 1.165) is 24.1 Å². The number of hydrogen-bond donors (Lipinski definition) is 2. The maximum atomic E-state index is 12.1. The highest BCUT2D eigenvalue weighted by Crippen LogP contribution is 2.28. The maximum absolute atomic E-state index is 12.1. The van der Waals surface area contributed by atoms with Crippen LogP contribution in [0.15, 0.2) is 18.2 Å². The van der Waals surface area contributed by atoms with Crippen LogP contribution in [0.25, 0.3) is 0 Å². The second-order valence-corrected chi connectivity index (χ2v) is 4.71. The molecule has 0 fully saturated rings. The van der Waals surface area contributed by atoms with Crippen LogP contribution in [-0.2, 0) is 16.0 Å². The van der Waals surface area contributed by atoms with Crippen molar-refractivity contribution in [3.63, 3.8) is 0 Å². The van der Waals surface area contributed by atoms with Crippen molar-refractivity contribution in [1.82, 2.24) is 5.32 Å². The summed E-state index contributed by atoms with van der Waals surface area (Å²) in [5.74, 6) is 0.0152. The molecule has 1 heterocycles. The van der Waals surface area contributed by atoms with Crippen LogP contribution in [0.2, 0.25) is 0 Å². The first kappa shape index (κ1) is 13.4. The van der Waals surface area contributed by atoms with Gasteiger partial charge in [-0.15, -0.1) is 0 Å². The lowest BCUT2D eigenvalue weighted by Crippen LogP contribution is -2.34. The van der Waals surface area contributed by atoms with Gasteiger partial charge in [0.2, 0.25) is 11.8 Å². The molecule has 5 heteroatoms. The van der Waals surface area contributed by atoms with Crippen LogP contribution in [0.1, 0.15) is 24.8 Å². The van der Waals surface area contributed by atoms with Crippen LogP contribution in [0.5, 0.6) is 0 Å². The SMILES string of the molecule is CNC(=O)CCN1C(=O)CCCc2cc(N)ccc21. The summed E-state index contributed by atoms with van der Waals surface area (Å²) >= 11 is 0. The van der Waals surface area contributed by atoms with E-state index >= 15 is 0 Å². The predicted octanol–water partition coefficient (Wildman–Crippen LogP) is 1.07. The van der Waals surface area contributed by atoms with E-state index in [0.29, 0.717) is 25.1 Å². The molecule has 0 atom stereocenters. The van der Waals surface area contributed by atoms with Gasteiger partial charge in [-0.1, -0.05) is 0 Å². The van der Waals surface area contributed by atoms with Crippen LogP contribution < -0.4 is 16.0 Å². The highest BCUT2D eigenvalue weighted by molar-refractivity contribution is 5.95. The van der Waals surface area contributed by atoms with Crippen molar-refractivity contribution in [3.8, 4) is 0 Å². The molecule has 0 unspecified atom stereocenters. The summed E-state index contributed by atoms with van der Waals surface area (Å²) < 4.78 is 0. The lowest BCUT2D eigenvalue weighted by Gasteiger charge is -2.23. The highest BCUT2D eigenvalue weighted by Gasteiger charge is 2.22. The van der Waals surface area contributed by atoms with Gasteiger partial charge in [-0.05, 0) is 36.6 Å². The molecule has 2 amide bonds. The Morgan fingerprint density at radius 1 is 1.42 bits per heavy atom. The fourth-order valence-electron chi connectivity index (χ4n) is 2.35. The topological polar surface area (TPSA) is 75.4 Å². The number of carbonyl (C=O) groups is 2. The maximum Gasteiger partial charge on any atom is 0.227 e. The second-order valence-electron chi connectivity index (χ2n) is 4.71. The fraction of sp³-hybridized carbons (Fsp3) is 0.429. The first-order chi connectivity index (χ1) is 9.11. The third kappa shape index (κ3) is 3.05. The van der Waals surface area contributed by atoms with Crippen molar-refractivity contribution in [3.05, 3.63) is 23.8 Å². The number of amides is 2. The Morgan fingerprint density at radius 3 is 2.95 bits per heavy atom. The Balaban J connectivity index is 2.25. The summed E-state index contributed by atoms with van der Waals surface area (Å²) in [7, 11) is 1.60. The minimum absolute atomic E-state index is 0.0611. The molecule has 0 aromatic heterocycles. The average Bonchev–Trinajstić information content (AvgIpc) is 2.54. The van der Waals surface area contributed by atoms with Crippen LogP contribution in [0, 0.1) is 0 Å². The molecule has 1 aliphatic rings. The number of nitrogens with zero attached hydrogens (tertiary/aromatic N) is 1. The van der Waals surface area contributed by atoms with Gasteiger partial charge in [-0.2, -0.15) is 0 Å². The van der Waals surface area contributed by atoms with Crippen LogP contribution >= 0.6 is 0 Å². The molecule has 0 spiro atoms. The number of hydrogen-bond acceptors (Lipinski definition) is 3. The van der Waals surface area contributed by atoms with E-state index in [-0.39, 0.29) is 11.8 Å². The zero-order valence-corrected chi connectivity index (χ0v) is 11.1. The zero-order chi connectivity index (χ0) is 13.8. The normalized spacial score (nSPS) is 14.8. The quantitative estimate of drug-likeness (QED) is 0.799. The fourth-order valence-corrected chi connectivity index (χ4v) is 2.35. The zero-order valence-electron chi connectivity index (χ0n) is 11.1. The first-order valence-electron chi connectivity index (χ1n) is 6.51. The minimum Gasteiger partial charge on any atom is -0.399 e. The number of nitrogen functional groups attached to an aromatic ring is 1. The molecular formula is C14H19N3O2. The molecule has 0 aliphatic carbocycles. The Kier molecular flexibility index (Phi) is 4.04. The number of anilines is 2. The Morgan fingerprint density at radius 2 is 2.21 bits per heavy atom. The number of rotatable bonds is 3. The van der Waals surface area contributed by atoms with Crippen LogP contribution in [0.4, 0.5) is 11.4 Å². The van der Waals surface area contributed by atoms with Crippen molar-refractivity contribution < 1.29 is 9.59 Å². The number of benzene rings is 1. The van der Waals surface area contributed by atoms with Gasteiger partial charge in [0.1, 0.15) is 0 Å². The lowest BCUT2D eigenvalue weighted by molar-refractivity contribution is -0.120. The number of nitrogens with two attached hydrogens (primary N) is 1. The summed E-state index contributed by atoms with van der Waals surface area (Å²) in [6.45, 7) is 0.412. The van der Waals surface area contributed by atoms with Gasteiger partial charge in [0.05, 0.1) is 0 Å². The molecule has 5 nitrogen and oxygen atoms in total. The summed E-state index contributed by atoms with van der Waals surface area (Å²) in [4.78, 5) is 25.2. The molecule has 0 radical (unpaired) electrons. The molecular weight excluding hydrogens is 242 g/mol. The van der Waals surface area contributed by atoms with Crippen LogP contribution in [-0.4, -0.2) is 25.4 Å². The van der Waals surface area contributed by atoms with Crippen molar-refractivity contribution in [2.75, 3.05) is 24.2 Å². The van der Waals surface area contributed by atoms with Gasteiger partial charge in [0.25, 0.3) is 0 Å². The molecule has 0 bridgehead atoms. The summed E-state index contributed by atoms with van der Waals surface area (Å²) in [6, 6.07) is 5.59. The van der Waals surface area contributed by atoms with Gasteiger partial charge in [0.15, 0.2) is 0 Å². The van der Waals surface area contributed by atoms with Gasteiger partial charge in [0, 0.05) is 37.8 Å². The largest absolute Gasteiger partial charge is 0.399 e. The third-order valence-electron chi connectivity index (χ3n) is 3.37. The van der Waals surface area contributed by atoms with Crippen molar-refractivity contribution in [2.24, 2.45) is 0 Å². The van der Waals surface area contributed by atoms with Gasteiger partial charge < -0.3 is 16.0 Å². The Bertz CT molecular complexity index is 499. The van der Waals surface area contributed by atoms with Crippen molar-refractivity contribution >= 4 is 23.2 Å². The first-order valence-corrected chi connectivity index (χ1v) is 6.51. The smallest absolute Gasteiger partial charge is 0.227 e. The van der Waals surface area contributed by atoms with Crippen LogP contribution in [0.3, 0.4) is 0 Å². The molecule has 19 heavy (non-hydrogen) atoms. The van der Waals surface area contributed by atoms with E-state index in [1.807, 2.05) is 12.1 Å². The average molecular weight is 261 g/mol. The number of nitrogens with one attached hydrogen (secondary N) is 1. The van der Waals surface area contributed by atoms with E-state index in [1.54, 1.807) is 18.0 Å². The molecule has 0 saturated carbocycles. The summed E-state index contributed by atoms with van der Waals surface area (Å²) in [6.07, 6.45) is 2.50. The number of aryl methyl sites for hydroxylation is 1. The van der Waals surface area contributed by atoms with Gasteiger partial charge >= 0.3 is 0 Å². The molecule has 3 N–H and O–H groups in total. The van der Waals surface area contributed by atoms with Crippen molar-refractivity contribution in [1.29, 1.82) is 0 Å². The minimum atomic E-state index is -0.0611. The predicted molar refractivity (Wildman–Crippen MR) is 74.8 cm³/mol. The van der Waals surface area contributed by atoms with Gasteiger partial charge in [-0.25, -0.2) is 0 Å². The molecule has 0 saturated heterocycles. The third-order valence-corrected chi connectivity index (χ3v) is 3.37. The van der Waals surface area contributed by atoms with E-state index in [2.05, 4.69) is 5.32 Å². The summed E-state index contributed by atoms with van der Waals surface area (Å²) in [5, 5.41) is 2.57. The Hall–Kier alpha value is -2.04. The molecule has 1 aromatic carbocycles. The monoisotopic (exact) mass is 261 g/mol. The van der Waals surface area contributed by atoms with Crippen molar-refractivity contribution in [2.45, 2.75) is 25.7 Å². The van der Waals surface area contributed by atoms with E-state index in [4.69, 9.17) is 5.73 Å². The molecule has 1 aliphatic heterocycles. The molecule has 102 valence electrons. The Labute approximate surface area is 112 Å². The highest BCUT2D eigenvalue weighted by atomic mass is 16.2. The molecule has 1 aromatic rings. The number of fused-ring (bicyclic) bond motifs is 1. The second kappa shape index (κ2) is 5.73. The molecule has 2 rings (SSSR count). The van der Waals surface area contributed by atoms with E-state index in [9.17, 15) is 9.59 Å². The number of carbonyl (C=O) groups excluding carboxylic acids is 2. The lowest BCUT2D eigenvalue weighted by atomic mass is 10.1. The van der Waals surface area contributed by atoms with E-state index in [1.165, 1.54) is 0 Å². The summed E-state index contributed by atoms with van der Waals surface area (Å²) in [5.41, 5.74) is 8.47. The van der Waals surface area contributed by atoms with E-state index < -0.39 is 0 Å². The standard InChI is InChI=1S/C14H19N3O2/c1-16-13(18)7-8-17-12-6-5-11(15)9-10(12)3-2-4-14(17)19/h5-6,9H,2-4,7-8,15H2,1H3,(H,16,18). The van der Waals surface area contributed by atoms with Gasteiger partial charge in [-0.3, -0.25) is 9.59 Å².